The van der Waals surface area contributed by atoms with Crippen molar-refractivity contribution in [1.29, 1.82) is 0 Å². The highest BCUT2D eigenvalue weighted by Gasteiger charge is 2.34. The first-order chi connectivity index (χ1) is 11.5. The average molecular weight is 335 g/mol. The molecule has 10 heteroatoms. The molecule has 0 fully saturated rings. The first-order valence-electron chi connectivity index (χ1n) is 7.09. The molecule has 3 aromatic rings. The van der Waals surface area contributed by atoms with Crippen molar-refractivity contribution < 1.29 is 13.9 Å². The van der Waals surface area contributed by atoms with Crippen LogP contribution in [0.3, 0.4) is 0 Å². The Kier molecular flexibility index (Phi) is 4.32. The van der Waals surface area contributed by atoms with E-state index >= 15 is 0 Å². The van der Waals surface area contributed by atoms with Gasteiger partial charge in [0.05, 0.1) is 19.6 Å². The molecule has 0 saturated carbocycles. The molecule has 2 heterocycles. The quantitative estimate of drug-likeness (QED) is 0.666. The Bertz CT molecular complexity index is 820. The fraction of sp³-hybridized carbons (Fsp3) is 0.286. The van der Waals surface area contributed by atoms with E-state index in [1.807, 2.05) is 0 Å². The Hall–Kier alpha value is -2.72. The van der Waals surface area contributed by atoms with Gasteiger partial charge in [-0.1, -0.05) is 6.07 Å². The van der Waals surface area contributed by atoms with Crippen LogP contribution >= 0.6 is 0 Å². The lowest BCUT2D eigenvalue weighted by molar-refractivity contribution is -0.00862. The Labute approximate surface area is 135 Å². The summed E-state index contributed by atoms with van der Waals surface area (Å²) in [6.45, 7) is -0.0881. The first-order valence-corrected chi connectivity index (χ1v) is 7.09. The summed E-state index contributed by atoms with van der Waals surface area (Å²) in [6.07, 6.45) is 4.07. The third-order valence-corrected chi connectivity index (χ3v) is 3.51. The number of aliphatic hydroxyl groups is 1. The number of hydrogen-bond donors (Lipinski definition) is 2. The fourth-order valence-corrected chi connectivity index (χ4v) is 2.44. The molecule has 24 heavy (non-hydrogen) atoms. The summed E-state index contributed by atoms with van der Waals surface area (Å²) in [6, 6.07) is 2.99. The van der Waals surface area contributed by atoms with E-state index in [1.165, 1.54) is 34.4 Å². The smallest absolute Gasteiger partial charge is 0.164 e. The summed E-state index contributed by atoms with van der Waals surface area (Å²) in [4.78, 5) is 7.77. The molecule has 0 aliphatic heterocycles. The van der Waals surface area contributed by atoms with Gasteiger partial charge < -0.3 is 10.8 Å². The van der Waals surface area contributed by atoms with E-state index in [1.54, 1.807) is 0 Å². The average Bonchev–Trinajstić information content (AvgIpc) is 3.18. The molecule has 0 aliphatic rings. The van der Waals surface area contributed by atoms with E-state index in [-0.39, 0.29) is 25.2 Å². The van der Waals surface area contributed by atoms with Crippen molar-refractivity contribution in [1.82, 2.24) is 29.5 Å². The third-order valence-electron chi connectivity index (χ3n) is 3.51. The van der Waals surface area contributed by atoms with Gasteiger partial charge in [-0.15, -0.1) is 0 Å². The molecule has 1 unspecified atom stereocenters. The largest absolute Gasteiger partial charge is 0.381 e. The second-order valence-electron chi connectivity index (χ2n) is 5.31. The summed E-state index contributed by atoms with van der Waals surface area (Å²) in [5.41, 5.74) is 3.64. The van der Waals surface area contributed by atoms with Gasteiger partial charge in [0.2, 0.25) is 0 Å². The Morgan fingerprint density at radius 2 is 1.96 bits per heavy atom. The van der Waals surface area contributed by atoms with Crippen molar-refractivity contribution in [3.63, 3.8) is 0 Å². The van der Waals surface area contributed by atoms with Crippen LogP contribution in [0.15, 0.2) is 37.2 Å². The highest BCUT2D eigenvalue weighted by atomic mass is 19.1. The second kappa shape index (κ2) is 6.42. The Morgan fingerprint density at radius 1 is 1.17 bits per heavy atom. The molecule has 0 aliphatic carbocycles. The molecular weight excluding hydrogens is 320 g/mol. The van der Waals surface area contributed by atoms with Gasteiger partial charge in [0.1, 0.15) is 36.2 Å². The predicted molar refractivity (Wildman–Crippen MR) is 78.2 cm³/mol. The molecule has 0 saturated heterocycles. The third kappa shape index (κ3) is 3.29. The van der Waals surface area contributed by atoms with Gasteiger partial charge in [-0.05, 0) is 6.07 Å². The summed E-state index contributed by atoms with van der Waals surface area (Å²) < 4.78 is 30.1. The van der Waals surface area contributed by atoms with E-state index in [2.05, 4.69) is 20.2 Å². The molecule has 1 atom stereocenters. The number of hydrogen-bond acceptors (Lipinski definition) is 6. The van der Waals surface area contributed by atoms with E-state index in [0.717, 1.165) is 6.07 Å². The summed E-state index contributed by atoms with van der Waals surface area (Å²) in [5, 5.41) is 19.1. The fourth-order valence-electron chi connectivity index (χ4n) is 2.44. The van der Waals surface area contributed by atoms with E-state index < -0.39 is 17.2 Å². The van der Waals surface area contributed by atoms with Crippen molar-refractivity contribution in [2.24, 2.45) is 5.73 Å². The zero-order chi connectivity index (χ0) is 17.2. The molecule has 3 rings (SSSR count). The monoisotopic (exact) mass is 335 g/mol. The molecule has 3 N–H and O–H groups in total. The van der Waals surface area contributed by atoms with Crippen LogP contribution in [-0.2, 0) is 25.2 Å². The van der Waals surface area contributed by atoms with Crippen LogP contribution in [0.2, 0.25) is 0 Å². The van der Waals surface area contributed by atoms with Gasteiger partial charge in [0, 0.05) is 11.6 Å². The summed E-state index contributed by atoms with van der Waals surface area (Å²) >= 11 is 0. The minimum absolute atomic E-state index is 0.0794. The van der Waals surface area contributed by atoms with Crippen molar-refractivity contribution in [2.75, 3.05) is 0 Å². The number of aromatic nitrogens is 6. The maximum absolute atomic E-state index is 14.2. The SMILES string of the molecule is NCc1ncn(CC(O)(Cn2cncn2)c2ccc(F)cc2F)n1. The van der Waals surface area contributed by atoms with Gasteiger partial charge in [0.15, 0.2) is 5.82 Å². The zero-order valence-electron chi connectivity index (χ0n) is 12.5. The topological polar surface area (TPSA) is 108 Å². The van der Waals surface area contributed by atoms with Crippen molar-refractivity contribution in [3.8, 4) is 0 Å². The lowest BCUT2D eigenvalue weighted by atomic mass is 9.93. The van der Waals surface area contributed by atoms with Crippen LogP contribution in [-0.4, -0.2) is 34.6 Å². The molecule has 126 valence electrons. The van der Waals surface area contributed by atoms with Crippen LogP contribution in [0.4, 0.5) is 8.78 Å². The predicted octanol–water partition coefficient (Wildman–Crippen LogP) is 0.194. The van der Waals surface area contributed by atoms with Crippen molar-refractivity contribution in [2.45, 2.75) is 25.2 Å². The van der Waals surface area contributed by atoms with Crippen molar-refractivity contribution >= 4 is 0 Å². The standard InChI is InChI=1S/C14H15F2N7O/c15-10-1-2-11(12(16)3-10)14(24,5-22-8-18-7-20-22)6-23-9-19-13(4-17)21-23/h1-3,7-9,24H,4-6,17H2. The number of rotatable bonds is 6. The van der Waals surface area contributed by atoms with E-state index in [0.29, 0.717) is 11.9 Å². The highest BCUT2D eigenvalue weighted by Crippen LogP contribution is 2.28. The number of nitrogens with zero attached hydrogens (tertiary/aromatic N) is 6. The van der Waals surface area contributed by atoms with Crippen LogP contribution in [0.25, 0.3) is 0 Å². The molecule has 8 nitrogen and oxygen atoms in total. The molecule has 0 bridgehead atoms. The first kappa shape index (κ1) is 16.1. The minimum atomic E-state index is -1.74. The molecule has 0 amide bonds. The number of halogens is 2. The molecule has 0 spiro atoms. The maximum Gasteiger partial charge on any atom is 0.164 e. The normalized spacial score (nSPS) is 13.8. The van der Waals surface area contributed by atoms with E-state index in [9.17, 15) is 13.9 Å². The van der Waals surface area contributed by atoms with Crippen LogP contribution < -0.4 is 5.73 Å². The second-order valence-corrected chi connectivity index (χ2v) is 5.31. The van der Waals surface area contributed by atoms with Crippen LogP contribution in [0.1, 0.15) is 11.4 Å². The molecule has 1 aromatic carbocycles. The van der Waals surface area contributed by atoms with Gasteiger partial charge in [-0.25, -0.2) is 28.1 Å². The number of nitrogens with two attached hydrogens (primary N) is 1. The zero-order valence-corrected chi connectivity index (χ0v) is 12.5. The maximum atomic E-state index is 14.2. The molecule has 0 radical (unpaired) electrons. The van der Waals surface area contributed by atoms with Gasteiger partial charge in [0.25, 0.3) is 0 Å². The van der Waals surface area contributed by atoms with Gasteiger partial charge >= 0.3 is 0 Å². The van der Waals surface area contributed by atoms with Crippen LogP contribution in [0.5, 0.6) is 0 Å². The summed E-state index contributed by atoms with van der Waals surface area (Å²) in [5.74, 6) is -1.21. The van der Waals surface area contributed by atoms with Crippen LogP contribution in [0, 0.1) is 11.6 Å². The van der Waals surface area contributed by atoms with Gasteiger partial charge in [-0.2, -0.15) is 10.2 Å². The minimum Gasteiger partial charge on any atom is -0.381 e. The lowest BCUT2D eigenvalue weighted by Crippen LogP contribution is -2.37. The molecule has 2 aromatic heterocycles. The molecular formula is C14H15F2N7O. The van der Waals surface area contributed by atoms with E-state index in [4.69, 9.17) is 5.73 Å². The highest BCUT2D eigenvalue weighted by molar-refractivity contribution is 5.25. The summed E-state index contributed by atoms with van der Waals surface area (Å²) in [7, 11) is 0. The Morgan fingerprint density at radius 3 is 2.58 bits per heavy atom. The van der Waals surface area contributed by atoms with Crippen molar-refractivity contribution in [3.05, 3.63) is 60.2 Å². The lowest BCUT2D eigenvalue weighted by Gasteiger charge is -2.28. The Balaban J connectivity index is 1.99. The van der Waals surface area contributed by atoms with Gasteiger partial charge in [-0.3, -0.25) is 0 Å². The number of benzene rings is 1.